The van der Waals surface area contributed by atoms with Gasteiger partial charge in [-0.1, -0.05) is 12.1 Å². The summed E-state index contributed by atoms with van der Waals surface area (Å²) in [5.41, 5.74) is 2.20. The van der Waals surface area contributed by atoms with E-state index < -0.39 is 0 Å². The van der Waals surface area contributed by atoms with Crippen LogP contribution in [0.3, 0.4) is 0 Å². The molecule has 3 rings (SSSR count). The van der Waals surface area contributed by atoms with Crippen molar-refractivity contribution >= 4 is 17.4 Å². The first-order valence-electron chi connectivity index (χ1n) is 7.88. The van der Waals surface area contributed by atoms with Crippen LogP contribution in [0.4, 0.5) is 11.5 Å². The number of aromatic nitrogens is 1. The second-order valence-corrected chi connectivity index (χ2v) is 5.72. The van der Waals surface area contributed by atoms with Gasteiger partial charge in [0.2, 0.25) is 5.91 Å². The minimum Gasteiger partial charge on any atom is -0.497 e. The number of amides is 1. The van der Waals surface area contributed by atoms with Gasteiger partial charge in [-0.3, -0.25) is 4.79 Å². The Morgan fingerprint density at radius 1 is 1.22 bits per heavy atom. The third-order valence-corrected chi connectivity index (χ3v) is 3.86. The smallest absolute Gasteiger partial charge is 0.228 e. The monoisotopic (exact) mass is 311 g/mol. The van der Waals surface area contributed by atoms with Crippen molar-refractivity contribution in [3.05, 3.63) is 48.2 Å². The van der Waals surface area contributed by atoms with Crippen molar-refractivity contribution in [2.24, 2.45) is 5.92 Å². The van der Waals surface area contributed by atoms with Crippen LogP contribution in [0, 0.1) is 5.92 Å². The summed E-state index contributed by atoms with van der Waals surface area (Å²) in [4.78, 5) is 15.9. The van der Waals surface area contributed by atoms with Crippen molar-refractivity contribution in [3.8, 4) is 5.75 Å². The third-order valence-electron chi connectivity index (χ3n) is 3.86. The van der Waals surface area contributed by atoms with Crippen molar-refractivity contribution in [3.63, 3.8) is 0 Å². The van der Waals surface area contributed by atoms with Crippen LogP contribution < -0.4 is 15.4 Å². The molecule has 0 bridgehead atoms. The molecule has 1 amide bonds. The number of benzene rings is 1. The highest BCUT2D eigenvalue weighted by Crippen LogP contribution is 2.29. The van der Waals surface area contributed by atoms with E-state index in [0.717, 1.165) is 37.2 Å². The fourth-order valence-electron chi connectivity index (χ4n) is 2.29. The highest BCUT2D eigenvalue weighted by molar-refractivity contribution is 5.93. The molecule has 5 heteroatoms. The molecule has 23 heavy (non-hydrogen) atoms. The van der Waals surface area contributed by atoms with Gasteiger partial charge in [0.25, 0.3) is 0 Å². The number of rotatable bonds is 7. The molecule has 1 aromatic carbocycles. The maximum atomic E-state index is 11.7. The first-order valence-corrected chi connectivity index (χ1v) is 7.88. The SMILES string of the molecule is COc1ccc(CCNc2ccc(NC(=O)C3CC3)nc2)cc1. The van der Waals surface area contributed by atoms with E-state index in [9.17, 15) is 4.79 Å². The van der Waals surface area contributed by atoms with Gasteiger partial charge < -0.3 is 15.4 Å². The molecule has 0 radical (unpaired) electrons. The largest absolute Gasteiger partial charge is 0.497 e. The molecule has 1 heterocycles. The minimum atomic E-state index is 0.0812. The minimum absolute atomic E-state index is 0.0812. The third kappa shape index (κ3) is 4.45. The highest BCUT2D eigenvalue weighted by Gasteiger charge is 2.29. The lowest BCUT2D eigenvalue weighted by Crippen LogP contribution is -2.14. The van der Waals surface area contributed by atoms with Crippen LogP contribution in [0.25, 0.3) is 0 Å². The molecule has 0 unspecified atom stereocenters. The van der Waals surface area contributed by atoms with Gasteiger partial charge in [-0.25, -0.2) is 4.98 Å². The summed E-state index contributed by atoms with van der Waals surface area (Å²) in [7, 11) is 1.67. The molecule has 120 valence electrons. The number of carbonyl (C=O) groups excluding carboxylic acids is 1. The van der Waals surface area contributed by atoms with Crippen LogP contribution in [-0.4, -0.2) is 24.5 Å². The molecule has 1 aliphatic carbocycles. The number of pyridine rings is 1. The maximum Gasteiger partial charge on any atom is 0.228 e. The lowest BCUT2D eigenvalue weighted by molar-refractivity contribution is -0.117. The number of nitrogens with one attached hydrogen (secondary N) is 2. The van der Waals surface area contributed by atoms with Crippen LogP contribution in [0.15, 0.2) is 42.6 Å². The Morgan fingerprint density at radius 2 is 2.00 bits per heavy atom. The zero-order chi connectivity index (χ0) is 16.1. The highest BCUT2D eigenvalue weighted by atomic mass is 16.5. The van der Waals surface area contributed by atoms with Gasteiger partial charge in [0, 0.05) is 12.5 Å². The van der Waals surface area contributed by atoms with E-state index in [1.54, 1.807) is 13.3 Å². The second-order valence-electron chi connectivity index (χ2n) is 5.72. The van der Waals surface area contributed by atoms with Crippen molar-refractivity contribution in [2.75, 3.05) is 24.3 Å². The average Bonchev–Trinajstić information content (AvgIpc) is 3.42. The summed E-state index contributed by atoms with van der Waals surface area (Å²) in [6, 6.07) is 11.8. The number of ether oxygens (including phenoxy) is 1. The first-order chi connectivity index (χ1) is 11.2. The number of nitrogens with zero attached hydrogens (tertiary/aromatic N) is 1. The first kappa shape index (κ1) is 15.3. The van der Waals surface area contributed by atoms with Gasteiger partial charge in [-0.05, 0) is 49.1 Å². The predicted octanol–water partition coefficient (Wildman–Crippen LogP) is 3.09. The van der Waals surface area contributed by atoms with E-state index in [1.165, 1.54) is 5.56 Å². The molecule has 0 aliphatic heterocycles. The van der Waals surface area contributed by atoms with Gasteiger partial charge in [0.05, 0.1) is 19.0 Å². The van der Waals surface area contributed by atoms with Crippen molar-refractivity contribution in [2.45, 2.75) is 19.3 Å². The summed E-state index contributed by atoms with van der Waals surface area (Å²) in [5, 5.41) is 6.17. The molecule has 1 aliphatic rings. The van der Waals surface area contributed by atoms with Crippen LogP contribution in [0.5, 0.6) is 5.75 Å². The van der Waals surface area contributed by atoms with Gasteiger partial charge in [0.15, 0.2) is 0 Å². The molecule has 0 atom stereocenters. The van der Waals surface area contributed by atoms with Gasteiger partial charge >= 0.3 is 0 Å². The molecular weight excluding hydrogens is 290 g/mol. The van der Waals surface area contributed by atoms with Crippen molar-refractivity contribution in [1.82, 2.24) is 4.98 Å². The van der Waals surface area contributed by atoms with E-state index in [2.05, 4.69) is 27.8 Å². The van der Waals surface area contributed by atoms with Crippen molar-refractivity contribution < 1.29 is 9.53 Å². The second kappa shape index (κ2) is 7.13. The Hall–Kier alpha value is -2.56. The summed E-state index contributed by atoms with van der Waals surface area (Å²) < 4.78 is 5.15. The number of anilines is 2. The number of hydrogen-bond donors (Lipinski definition) is 2. The fourth-order valence-corrected chi connectivity index (χ4v) is 2.29. The molecule has 1 fully saturated rings. The predicted molar refractivity (Wildman–Crippen MR) is 90.8 cm³/mol. The van der Waals surface area contributed by atoms with Crippen molar-refractivity contribution in [1.29, 1.82) is 0 Å². The van der Waals surface area contributed by atoms with E-state index >= 15 is 0 Å². The Labute approximate surface area is 136 Å². The van der Waals surface area contributed by atoms with E-state index in [4.69, 9.17) is 4.74 Å². The fraction of sp³-hybridized carbons (Fsp3) is 0.333. The van der Waals surface area contributed by atoms with Crippen LogP contribution >= 0.6 is 0 Å². The Balaban J connectivity index is 1.45. The Morgan fingerprint density at radius 3 is 2.61 bits per heavy atom. The molecular formula is C18H21N3O2. The standard InChI is InChI=1S/C18H21N3O2/c1-23-16-7-2-13(3-8-16)10-11-19-15-6-9-17(20-12-15)21-18(22)14-4-5-14/h2-3,6-9,12,14,19H,4-5,10-11H2,1H3,(H,20,21,22). The maximum absolute atomic E-state index is 11.7. The summed E-state index contributed by atoms with van der Waals surface area (Å²) in [5.74, 6) is 1.76. The van der Waals surface area contributed by atoms with Gasteiger partial charge in [-0.2, -0.15) is 0 Å². The van der Waals surface area contributed by atoms with Crippen LogP contribution in [-0.2, 0) is 11.2 Å². The molecule has 2 N–H and O–H groups in total. The molecule has 0 spiro atoms. The Bertz CT molecular complexity index is 649. The summed E-state index contributed by atoms with van der Waals surface area (Å²) in [6.45, 7) is 0.821. The van der Waals surface area contributed by atoms with E-state index in [-0.39, 0.29) is 11.8 Å². The zero-order valence-electron chi connectivity index (χ0n) is 13.2. The van der Waals surface area contributed by atoms with E-state index in [1.807, 2.05) is 24.3 Å². The number of hydrogen-bond acceptors (Lipinski definition) is 4. The van der Waals surface area contributed by atoms with Crippen LogP contribution in [0.1, 0.15) is 18.4 Å². The topological polar surface area (TPSA) is 63.2 Å². The molecule has 1 saturated carbocycles. The lowest BCUT2D eigenvalue weighted by atomic mass is 10.1. The molecule has 5 nitrogen and oxygen atoms in total. The molecule has 1 aromatic heterocycles. The molecule has 2 aromatic rings. The normalized spacial score (nSPS) is 13.4. The zero-order valence-corrected chi connectivity index (χ0v) is 13.2. The molecule has 0 saturated heterocycles. The average molecular weight is 311 g/mol. The summed E-state index contributed by atoms with van der Waals surface area (Å²) >= 11 is 0. The van der Waals surface area contributed by atoms with Gasteiger partial charge in [0.1, 0.15) is 11.6 Å². The number of methoxy groups -OCH3 is 1. The number of carbonyl (C=O) groups is 1. The van der Waals surface area contributed by atoms with Crippen LogP contribution in [0.2, 0.25) is 0 Å². The van der Waals surface area contributed by atoms with E-state index in [0.29, 0.717) is 5.82 Å². The van der Waals surface area contributed by atoms with Gasteiger partial charge in [-0.15, -0.1) is 0 Å². The quantitative estimate of drug-likeness (QED) is 0.825. The summed E-state index contributed by atoms with van der Waals surface area (Å²) in [6.07, 6.45) is 4.66. The Kier molecular flexibility index (Phi) is 4.76. The lowest BCUT2D eigenvalue weighted by Gasteiger charge is -2.08.